The normalized spacial score (nSPS) is 17.3. The summed E-state index contributed by atoms with van der Waals surface area (Å²) in [6, 6.07) is 5.94. The molecule has 0 saturated carbocycles. The molecular weight excluding hydrogens is 262 g/mol. The second kappa shape index (κ2) is 7.60. The molecule has 0 heterocycles. The largest absolute Gasteiger partial charge is 0.494 e. The highest BCUT2D eigenvalue weighted by Crippen LogP contribution is 2.30. The van der Waals surface area contributed by atoms with Gasteiger partial charge in [-0.25, -0.2) is 0 Å². The Morgan fingerprint density at radius 2 is 2.05 bits per heavy atom. The van der Waals surface area contributed by atoms with Crippen LogP contribution < -0.4 is 4.74 Å². The van der Waals surface area contributed by atoms with E-state index in [4.69, 9.17) is 4.74 Å². The number of ether oxygens (including phenoxy) is 1. The van der Waals surface area contributed by atoms with E-state index in [1.54, 1.807) is 0 Å². The summed E-state index contributed by atoms with van der Waals surface area (Å²) < 4.78 is 5.81. The predicted molar refractivity (Wildman–Crippen MR) is 86.2 cm³/mol. The third kappa shape index (κ3) is 4.31. The molecule has 1 unspecified atom stereocenters. The first kappa shape index (κ1) is 16.0. The van der Waals surface area contributed by atoms with E-state index in [9.17, 15) is 4.79 Å². The van der Waals surface area contributed by atoms with Crippen molar-refractivity contribution >= 4 is 5.78 Å². The minimum Gasteiger partial charge on any atom is -0.494 e. The molecule has 3 nitrogen and oxygen atoms in total. The lowest BCUT2D eigenvalue weighted by Gasteiger charge is -2.13. The van der Waals surface area contributed by atoms with Gasteiger partial charge in [0, 0.05) is 18.0 Å². The van der Waals surface area contributed by atoms with Gasteiger partial charge in [-0.3, -0.25) is 4.79 Å². The van der Waals surface area contributed by atoms with Gasteiger partial charge in [0.2, 0.25) is 0 Å². The number of hydrogen-bond donors (Lipinski definition) is 0. The van der Waals surface area contributed by atoms with Crippen molar-refractivity contribution < 1.29 is 9.53 Å². The molecule has 1 atom stereocenters. The van der Waals surface area contributed by atoms with E-state index in [0.29, 0.717) is 0 Å². The van der Waals surface area contributed by atoms with E-state index in [-0.39, 0.29) is 11.7 Å². The van der Waals surface area contributed by atoms with Gasteiger partial charge in [-0.2, -0.15) is 0 Å². The van der Waals surface area contributed by atoms with Crippen molar-refractivity contribution in [3.63, 3.8) is 0 Å². The van der Waals surface area contributed by atoms with E-state index in [0.717, 1.165) is 42.9 Å². The van der Waals surface area contributed by atoms with Crippen molar-refractivity contribution in [2.45, 2.75) is 39.0 Å². The third-order valence-corrected chi connectivity index (χ3v) is 4.03. The van der Waals surface area contributed by atoms with E-state index >= 15 is 0 Å². The molecule has 0 saturated heterocycles. The van der Waals surface area contributed by atoms with E-state index in [2.05, 4.69) is 17.9 Å². The number of Topliss-reactive ketones (excluding diaryl/α,β-unsaturated/α-hetero) is 1. The summed E-state index contributed by atoms with van der Waals surface area (Å²) in [7, 11) is 4.03. The molecule has 0 fully saturated rings. The maximum Gasteiger partial charge on any atom is 0.167 e. The predicted octanol–water partition coefficient (Wildman–Crippen LogP) is 3.56. The van der Waals surface area contributed by atoms with Gasteiger partial charge in [-0.1, -0.05) is 26.2 Å². The number of nitrogens with zero attached hydrogens (tertiary/aromatic N) is 1. The molecule has 0 spiro atoms. The fraction of sp³-hybridized carbons (Fsp3) is 0.611. The molecule has 1 aromatic rings. The average Bonchev–Trinajstić information content (AvgIpc) is 2.74. The van der Waals surface area contributed by atoms with Gasteiger partial charge in [0.1, 0.15) is 5.75 Å². The van der Waals surface area contributed by atoms with E-state index < -0.39 is 0 Å². The van der Waals surface area contributed by atoms with Crippen LogP contribution in [0.1, 0.15) is 48.5 Å². The Balaban J connectivity index is 1.91. The summed E-state index contributed by atoms with van der Waals surface area (Å²) in [6.45, 7) is 3.80. The maximum atomic E-state index is 12.3. The van der Waals surface area contributed by atoms with Crippen molar-refractivity contribution in [3.8, 4) is 5.75 Å². The standard InChI is InChI=1S/C18H27NO2/c1-4-5-6-7-10-21-16-8-9-17-14(12-16)11-15(18(17)20)13-19(2)3/h8-9,12,15H,4-7,10-11,13H2,1-3H3. The fourth-order valence-corrected chi connectivity index (χ4v) is 2.95. The Morgan fingerprint density at radius 3 is 2.76 bits per heavy atom. The van der Waals surface area contributed by atoms with Gasteiger partial charge < -0.3 is 9.64 Å². The highest BCUT2D eigenvalue weighted by Gasteiger charge is 2.30. The molecule has 116 valence electrons. The summed E-state index contributed by atoms with van der Waals surface area (Å²) in [6.07, 6.45) is 5.69. The Labute approximate surface area is 128 Å². The molecule has 21 heavy (non-hydrogen) atoms. The number of rotatable bonds is 8. The zero-order chi connectivity index (χ0) is 15.2. The quantitative estimate of drug-likeness (QED) is 0.685. The number of unbranched alkanes of at least 4 members (excludes halogenated alkanes) is 3. The minimum atomic E-state index is 0.106. The molecule has 2 rings (SSSR count). The highest BCUT2D eigenvalue weighted by molar-refractivity contribution is 6.02. The maximum absolute atomic E-state index is 12.3. The Hall–Kier alpha value is -1.35. The first-order chi connectivity index (χ1) is 10.1. The van der Waals surface area contributed by atoms with Gasteiger partial charge in [-0.15, -0.1) is 0 Å². The number of carbonyl (C=O) groups is 1. The van der Waals surface area contributed by atoms with Crippen LogP contribution in [0.3, 0.4) is 0 Å². The number of carbonyl (C=O) groups excluding carboxylic acids is 1. The zero-order valence-corrected chi connectivity index (χ0v) is 13.5. The molecule has 0 radical (unpaired) electrons. The van der Waals surface area contributed by atoms with Gasteiger partial charge in [0.05, 0.1) is 6.61 Å². The summed E-state index contributed by atoms with van der Waals surface area (Å²) >= 11 is 0. The Bertz CT molecular complexity index is 482. The number of benzene rings is 1. The van der Waals surface area contributed by atoms with Crippen molar-refractivity contribution in [3.05, 3.63) is 29.3 Å². The smallest absolute Gasteiger partial charge is 0.167 e. The van der Waals surface area contributed by atoms with Gasteiger partial charge in [0.25, 0.3) is 0 Å². The molecule has 0 aromatic heterocycles. The molecule has 0 aliphatic heterocycles. The van der Waals surface area contributed by atoms with Crippen LogP contribution in [0.25, 0.3) is 0 Å². The first-order valence-electron chi connectivity index (χ1n) is 8.06. The van der Waals surface area contributed by atoms with Crippen molar-refractivity contribution in [2.24, 2.45) is 5.92 Å². The van der Waals surface area contributed by atoms with Crippen molar-refractivity contribution in [1.82, 2.24) is 4.90 Å². The average molecular weight is 289 g/mol. The van der Waals surface area contributed by atoms with Crippen LogP contribution in [0.5, 0.6) is 5.75 Å². The first-order valence-corrected chi connectivity index (χ1v) is 8.06. The van der Waals surface area contributed by atoms with Crippen molar-refractivity contribution in [1.29, 1.82) is 0 Å². The van der Waals surface area contributed by atoms with Crippen LogP contribution in [-0.2, 0) is 6.42 Å². The van der Waals surface area contributed by atoms with Crippen LogP contribution in [0.2, 0.25) is 0 Å². The molecule has 1 aliphatic rings. The molecule has 0 bridgehead atoms. The van der Waals surface area contributed by atoms with Gasteiger partial charge in [0.15, 0.2) is 5.78 Å². The highest BCUT2D eigenvalue weighted by atomic mass is 16.5. The zero-order valence-electron chi connectivity index (χ0n) is 13.5. The summed E-state index contributed by atoms with van der Waals surface area (Å²) in [5.41, 5.74) is 2.04. The fourth-order valence-electron chi connectivity index (χ4n) is 2.95. The lowest BCUT2D eigenvalue weighted by molar-refractivity contribution is 0.0916. The molecule has 1 aliphatic carbocycles. The van der Waals surface area contributed by atoms with Gasteiger partial charge >= 0.3 is 0 Å². The van der Waals surface area contributed by atoms with E-state index in [1.165, 1.54) is 19.3 Å². The minimum absolute atomic E-state index is 0.106. The van der Waals surface area contributed by atoms with Crippen LogP contribution in [-0.4, -0.2) is 37.9 Å². The number of fused-ring (bicyclic) bond motifs is 1. The molecule has 1 aromatic carbocycles. The van der Waals surface area contributed by atoms with Gasteiger partial charge in [-0.05, 0) is 50.7 Å². The SMILES string of the molecule is CCCCCCOc1ccc2c(c1)CC(CN(C)C)C2=O. The van der Waals surface area contributed by atoms with Crippen molar-refractivity contribution in [2.75, 3.05) is 27.2 Å². The molecular formula is C18H27NO2. The lowest BCUT2D eigenvalue weighted by Crippen LogP contribution is -2.25. The summed E-state index contributed by atoms with van der Waals surface area (Å²) in [5.74, 6) is 1.30. The molecule has 3 heteroatoms. The second-order valence-electron chi connectivity index (χ2n) is 6.26. The summed E-state index contributed by atoms with van der Waals surface area (Å²) in [4.78, 5) is 14.4. The monoisotopic (exact) mass is 289 g/mol. The Morgan fingerprint density at radius 1 is 1.24 bits per heavy atom. The lowest BCUT2D eigenvalue weighted by atomic mass is 10.1. The number of ketones is 1. The molecule has 0 N–H and O–H groups in total. The van der Waals surface area contributed by atoms with Crippen LogP contribution in [0.15, 0.2) is 18.2 Å². The number of hydrogen-bond acceptors (Lipinski definition) is 3. The third-order valence-electron chi connectivity index (χ3n) is 4.03. The van der Waals surface area contributed by atoms with Crippen LogP contribution in [0, 0.1) is 5.92 Å². The van der Waals surface area contributed by atoms with Crippen LogP contribution in [0.4, 0.5) is 0 Å². The molecule has 0 amide bonds. The summed E-state index contributed by atoms with van der Waals surface area (Å²) in [5, 5.41) is 0. The topological polar surface area (TPSA) is 29.5 Å². The van der Waals surface area contributed by atoms with E-state index in [1.807, 2.05) is 26.2 Å². The second-order valence-corrected chi connectivity index (χ2v) is 6.26. The van der Waals surface area contributed by atoms with Crippen LogP contribution >= 0.6 is 0 Å². The Kier molecular flexibility index (Phi) is 5.80.